The van der Waals surface area contributed by atoms with Crippen LogP contribution in [0.3, 0.4) is 0 Å². The lowest BCUT2D eigenvalue weighted by atomic mass is 9.73. The molecule has 1 saturated heterocycles. The van der Waals surface area contributed by atoms with Gasteiger partial charge in [-0.05, 0) is 12.0 Å². The number of rotatable bonds is 4. The molecule has 0 aliphatic carbocycles. The number of ether oxygens (including phenoxy) is 2. The van der Waals surface area contributed by atoms with Gasteiger partial charge >= 0.3 is 5.97 Å². The number of carbonyl (C=O) groups excluding carboxylic acids is 1. The second-order valence-electron chi connectivity index (χ2n) is 4.67. The van der Waals surface area contributed by atoms with Crippen molar-refractivity contribution in [2.75, 3.05) is 20.3 Å². The minimum absolute atomic E-state index is 0.00477. The van der Waals surface area contributed by atoms with Crippen molar-refractivity contribution in [2.45, 2.75) is 6.42 Å². The highest BCUT2D eigenvalue weighted by molar-refractivity contribution is 5.78. The van der Waals surface area contributed by atoms with Crippen LogP contribution in [0.4, 0.5) is 0 Å². The number of hydrogen-bond donors (Lipinski definition) is 0. The van der Waals surface area contributed by atoms with E-state index in [9.17, 15) is 4.79 Å². The smallest absolute Gasteiger partial charge is 0.315 e. The van der Waals surface area contributed by atoms with Gasteiger partial charge in [0.05, 0.1) is 20.3 Å². The molecular formula is C15H18O3. The minimum atomic E-state index is -0.627. The Labute approximate surface area is 107 Å². The fraction of sp³-hybridized carbons (Fsp3) is 0.400. The predicted octanol–water partition coefficient (Wildman–Crippen LogP) is 2.22. The van der Waals surface area contributed by atoms with Crippen LogP contribution in [0.15, 0.2) is 43.0 Å². The first kappa shape index (κ1) is 12.8. The molecule has 1 aromatic carbocycles. The molecule has 1 aliphatic rings. The number of methoxy groups -OCH3 is 1. The van der Waals surface area contributed by atoms with Crippen molar-refractivity contribution in [3.05, 3.63) is 48.6 Å². The molecule has 96 valence electrons. The normalized spacial score (nSPS) is 26.8. The summed E-state index contributed by atoms with van der Waals surface area (Å²) >= 11 is 0. The molecule has 0 N–H and O–H groups in total. The van der Waals surface area contributed by atoms with Gasteiger partial charge in [-0.1, -0.05) is 36.4 Å². The molecule has 0 bridgehead atoms. The van der Waals surface area contributed by atoms with Crippen molar-refractivity contribution >= 4 is 5.97 Å². The van der Waals surface area contributed by atoms with Crippen molar-refractivity contribution in [3.8, 4) is 0 Å². The molecule has 2 atom stereocenters. The van der Waals surface area contributed by atoms with Gasteiger partial charge in [-0.15, -0.1) is 6.58 Å². The third kappa shape index (κ3) is 2.18. The van der Waals surface area contributed by atoms with Crippen LogP contribution in [-0.2, 0) is 20.7 Å². The Morgan fingerprint density at radius 2 is 2.28 bits per heavy atom. The van der Waals surface area contributed by atoms with Gasteiger partial charge in [0.2, 0.25) is 0 Å². The van der Waals surface area contributed by atoms with Crippen LogP contribution in [0.25, 0.3) is 0 Å². The van der Waals surface area contributed by atoms with Crippen LogP contribution in [0.2, 0.25) is 0 Å². The average Bonchev–Trinajstić information content (AvgIpc) is 2.83. The maximum absolute atomic E-state index is 12.2. The molecule has 1 aromatic rings. The van der Waals surface area contributed by atoms with Gasteiger partial charge in [0.15, 0.2) is 0 Å². The van der Waals surface area contributed by atoms with E-state index in [2.05, 4.69) is 6.58 Å². The van der Waals surface area contributed by atoms with Crippen molar-refractivity contribution in [2.24, 2.45) is 11.3 Å². The number of carbonyl (C=O) groups is 1. The predicted molar refractivity (Wildman–Crippen MR) is 69.1 cm³/mol. The maximum atomic E-state index is 12.2. The van der Waals surface area contributed by atoms with E-state index >= 15 is 0 Å². The Kier molecular flexibility index (Phi) is 3.82. The average molecular weight is 246 g/mol. The van der Waals surface area contributed by atoms with Gasteiger partial charge in [0.25, 0.3) is 0 Å². The number of esters is 1. The van der Waals surface area contributed by atoms with Crippen LogP contribution in [0.1, 0.15) is 5.56 Å². The van der Waals surface area contributed by atoms with E-state index in [0.717, 1.165) is 5.56 Å². The van der Waals surface area contributed by atoms with Gasteiger partial charge in [-0.2, -0.15) is 0 Å². The largest absolute Gasteiger partial charge is 0.468 e. The molecule has 1 fully saturated rings. The third-order valence-corrected chi connectivity index (χ3v) is 3.61. The zero-order valence-corrected chi connectivity index (χ0v) is 10.6. The van der Waals surface area contributed by atoms with Crippen molar-refractivity contribution in [1.82, 2.24) is 0 Å². The summed E-state index contributed by atoms with van der Waals surface area (Å²) in [5.74, 6) is -0.209. The van der Waals surface area contributed by atoms with Crippen LogP contribution >= 0.6 is 0 Å². The molecule has 0 aromatic heterocycles. The van der Waals surface area contributed by atoms with E-state index in [4.69, 9.17) is 9.47 Å². The van der Waals surface area contributed by atoms with Crippen molar-refractivity contribution in [3.63, 3.8) is 0 Å². The van der Waals surface area contributed by atoms with Gasteiger partial charge < -0.3 is 9.47 Å². The number of benzene rings is 1. The molecule has 2 rings (SSSR count). The molecule has 3 nitrogen and oxygen atoms in total. The lowest BCUT2D eigenvalue weighted by molar-refractivity contribution is -0.154. The molecule has 18 heavy (non-hydrogen) atoms. The van der Waals surface area contributed by atoms with E-state index in [1.165, 1.54) is 7.11 Å². The molecule has 0 unspecified atom stereocenters. The Morgan fingerprint density at radius 3 is 2.89 bits per heavy atom. The zero-order chi connectivity index (χ0) is 13.0. The molecule has 0 saturated carbocycles. The summed E-state index contributed by atoms with van der Waals surface area (Å²) < 4.78 is 10.5. The van der Waals surface area contributed by atoms with Gasteiger partial charge in [0.1, 0.15) is 5.41 Å². The molecule has 3 heteroatoms. The van der Waals surface area contributed by atoms with Crippen LogP contribution in [-0.4, -0.2) is 26.3 Å². The Morgan fingerprint density at radius 1 is 1.56 bits per heavy atom. The Hall–Kier alpha value is -1.61. The fourth-order valence-electron chi connectivity index (χ4n) is 2.56. The Balaban J connectivity index is 2.31. The summed E-state index contributed by atoms with van der Waals surface area (Å²) in [5, 5.41) is 0. The second kappa shape index (κ2) is 5.36. The van der Waals surface area contributed by atoms with Crippen molar-refractivity contribution < 1.29 is 14.3 Å². The van der Waals surface area contributed by atoms with E-state index in [1.807, 2.05) is 30.3 Å². The summed E-state index contributed by atoms with van der Waals surface area (Å²) in [6, 6.07) is 9.94. The molecule has 1 heterocycles. The summed E-state index contributed by atoms with van der Waals surface area (Å²) in [6.45, 7) is 4.74. The molecule has 1 aliphatic heterocycles. The highest BCUT2D eigenvalue weighted by atomic mass is 16.5. The summed E-state index contributed by atoms with van der Waals surface area (Å²) in [5.41, 5.74) is 0.484. The van der Waals surface area contributed by atoms with E-state index < -0.39 is 5.41 Å². The molecule has 0 radical (unpaired) electrons. The monoisotopic (exact) mass is 246 g/mol. The quantitative estimate of drug-likeness (QED) is 0.603. The first-order chi connectivity index (χ1) is 8.73. The summed E-state index contributed by atoms with van der Waals surface area (Å²) in [6.07, 6.45) is 2.42. The summed E-state index contributed by atoms with van der Waals surface area (Å²) in [7, 11) is 1.42. The highest BCUT2D eigenvalue weighted by Gasteiger charge is 2.49. The van der Waals surface area contributed by atoms with Crippen LogP contribution in [0, 0.1) is 11.3 Å². The number of hydrogen-bond acceptors (Lipinski definition) is 3. The van der Waals surface area contributed by atoms with Crippen molar-refractivity contribution in [1.29, 1.82) is 0 Å². The lowest BCUT2D eigenvalue weighted by Gasteiger charge is -2.29. The SMILES string of the molecule is C=C[C@@H]1COC[C@]1(Cc1ccccc1)C(=O)OC. The minimum Gasteiger partial charge on any atom is -0.468 e. The molecule has 0 spiro atoms. The topological polar surface area (TPSA) is 35.5 Å². The van der Waals surface area contributed by atoms with E-state index in [-0.39, 0.29) is 11.9 Å². The Bertz CT molecular complexity index is 427. The van der Waals surface area contributed by atoms with E-state index in [0.29, 0.717) is 19.6 Å². The van der Waals surface area contributed by atoms with Crippen LogP contribution < -0.4 is 0 Å². The first-order valence-electron chi connectivity index (χ1n) is 6.05. The second-order valence-corrected chi connectivity index (χ2v) is 4.67. The van der Waals surface area contributed by atoms with Gasteiger partial charge in [-0.3, -0.25) is 4.79 Å². The fourth-order valence-corrected chi connectivity index (χ4v) is 2.56. The van der Waals surface area contributed by atoms with Crippen LogP contribution in [0.5, 0.6) is 0 Å². The summed E-state index contributed by atoms with van der Waals surface area (Å²) in [4.78, 5) is 12.2. The lowest BCUT2D eigenvalue weighted by Crippen LogP contribution is -2.40. The molecule has 0 amide bonds. The first-order valence-corrected chi connectivity index (χ1v) is 6.05. The van der Waals surface area contributed by atoms with E-state index in [1.54, 1.807) is 6.08 Å². The zero-order valence-electron chi connectivity index (χ0n) is 10.6. The standard InChI is InChI=1S/C15H18O3/c1-3-13-10-18-11-15(13,14(16)17-2)9-12-7-5-4-6-8-12/h3-8,13H,1,9-11H2,2H3/t13-,15+/m1/s1. The highest BCUT2D eigenvalue weighted by Crippen LogP contribution is 2.39. The van der Waals surface area contributed by atoms with Gasteiger partial charge in [0, 0.05) is 5.92 Å². The van der Waals surface area contributed by atoms with Gasteiger partial charge in [-0.25, -0.2) is 0 Å². The maximum Gasteiger partial charge on any atom is 0.315 e. The third-order valence-electron chi connectivity index (χ3n) is 3.61. The molecular weight excluding hydrogens is 228 g/mol.